The summed E-state index contributed by atoms with van der Waals surface area (Å²) in [7, 11) is -4.61. The van der Waals surface area contributed by atoms with E-state index in [0.717, 1.165) is 0 Å². The second-order valence-corrected chi connectivity index (χ2v) is 3.81. The minimum absolute atomic E-state index is 0.000000000000000222. The first kappa shape index (κ1) is 17.1. The van der Waals surface area contributed by atoms with Gasteiger partial charge in [0.1, 0.15) is 0 Å². The van der Waals surface area contributed by atoms with Gasteiger partial charge in [0, 0.05) is 0 Å². The van der Waals surface area contributed by atoms with Crippen molar-refractivity contribution in [2.24, 2.45) is 11.5 Å². The van der Waals surface area contributed by atoms with Crippen LogP contribution in [0.3, 0.4) is 0 Å². The zero-order valence-corrected chi connectivity index (χ0v) is 9.79. The van der Waals surface area contributed by atoms with Crippen molar-refractivity contribution in [2.45, 2.75) is 0 Å². The molecule has 0 aromatic carbocycles. The normalized spacial score (nSPS) is 9.00. The molecule has 0 amide bonds. The molecule has 0 radical (unpaired) electrons. The fraction of sp³-hybridized carbons (Fsp3) is 0. The second-order valence-electron chi connectivity index (χ2n) is 2.14. The molecule has 1 rings (SSSR count). The van der Waals surface area contributed by atoms with Gasteiger partial charge in [0.2, 0.25) is 0 Å². The smallest absolute Gasteiger partial charge is 0.462 e. The number of thiocarbonyl (C=S) groups is 1. The molecule has 1 aromatic rings. The van der Waals surface area contributed by atoms with Crippen molar-refractivity contribution in [1.29, 1.82) is 0 Å². The van der Waals surface area contributed by atoms with Crippen molar-refractivity contribution in [3.8, 4) is 0 Å². The van der Waals surface area contributed by atoms with E-state index in [0.29, 0.717) is 12.0 Å². The molecule has 0 aliphatic rings. The van der Waals surface area contributed by atoms with E-state index in [4.69, 9.17) is 19.2 Å². The lowest BCUT2D eigenvalue weighted by Gasteiger charge is -1.91. The molecule has 1 aromatic heterocycles. The zero-order chi connectivity index (χ0) is 13.2. The number of hydrogen-bond acceptors (Lipinski definition) is 7. The molecule has 0 bridgehead atoms. The lowest BCUT2D eigenvalue weighted by Crippen LogP contribution is -2.33. The highest BCUT2D eigenvalue weighted by Crippen LogP contribution is 1.92. The van der Waals surface area contributed by atoms with Crippen LogP contribution < -0.4 is 11.5 Å². The van der Waals surface area contributed by atoms with Gasteiger partial charge in [-0.25, -0.2) is 0 Å². The van der Waals surface area contributed by atoms with Crippen LogP contribution in [0, 0.1) is 0 Å². The van der Waals surface area contributed by atoms with Gasteiger partial charge in [-0.15, -0.1) is 0 Å². The Morgan fingerprint density at radius 2 is 1.75 bits per heavy atom. The Hall–Kier alpha value is -1.30. The third-order valence-electron chi connectivity index (χ3n) is 0.659. The van der Waals surface area contributed by atoms with Gasteiger partial charge >= 0.3 is 9.05 Å². The fourth-order valence-electron chi connectivity index (χ4n) is 0.358. The van der Waals surface area contributed by atoms with Crippen LogP contribution in [0.15, 0.2) is 22.8 Å². The van der Waals surface area contributed by atoms with Crippen molar-refractivity contribution < 1.29 is 28.4 Å². The first-order chi connectivity index (χ1) is 7.16. The molecule has 8 N–H and O–H groups in total. The van der Waals surface area contributed by atoms with Gasteiger partial charge in [-0.1, -0.05) is 0 Å². The van der Waals surface area contributed by atoms with Gasteiger partial charge in [0.25, 0.3) is 0 Å². The quantitative estimate of drug-likeness (QED) is 0.186. The minimum Gasteiger partial charge on any atom is -0.462 e. The molecule has 8 nitrogen and oxygen atoms in total. The van der Waals surface area contributed by atoms with Crippen LogP contribution >= 0.6 is 12.2 Å². The third-order valence-corrected chi connectivity index (χ3v) is 0.659. The van der Waals surface area contributed by atoms with Crippen molar-refractivity contribution in [2.75, 3.05) is 0 Å². The summed E-state index contributed by atoms with van der Waals surface area (Å²) in [6, 6.07) is 3.27. The lowest BCUT2D eigenvalue weighted by atomic mass is 10.5. The van der Waals surface area contributed by atoms with Gasteiger partial charge in [-0.3, -0.25) is 4.79 Å². The molecule has 0 saturated heterocycles. The highest BCUT2D eigenvalue weighted by Gasteiger charge is 2.22. The molecule has 16 heavy (non-hydrogen) atoms. The highest BCUT2D eigenvalue weighted by atomic mass is 32.1. The summed E-state index contributed by atoms with van der Waals surface area (Å²) in [6.45, 7) is 0. The highest BCUT2D eigenvalue weighted by molar-refractivity contribution is 7.80. The van der Waals surface area contributed by atoms with E-state index in [-0.39, 0.29) is 5.11 Å². The van der Waals surface area contributed by atoms with Gasteiger partial charge < -0.3 is 35.1 Å². The van der Waals surface area contributed by atoms with Crippen LogP contribution in [0.2, 0.25) is 0 Å². The molecule has 0 spiro atoms. The van der Waals surface area contributed by atoms with Crippen molar-refractivity contribution in [1.82, 2.24) is 0 Å². The first-order valence-corrected chi connectivity index (χ1v) is 5.79. The average molecular weight is 268 g/mol. The molecular weight excluding hydrogens is 256 g/mol. The third kappa shape index (κ3) is 29.3. The summed E-state index contributed by atoms with van der Waals surface area (Å²) in [4.78, 5) is 39.1. The molecule has 0 fully saturated rings. The Morgan fingerprint density at radius 1 is 1.38 bits per heavy atom. The summed E-state index contributed by atoms with van der Waals surface area (Å²) in [6.07, 6.45) is 2.13. The Morgan fingerprint density at radius 3 is 1.88 bits per heavy atom. The van der Waals surface area contributed by atoms with Crippen LogP contribution in [-0.2, 0) is 0 Å². The zero-order valence-electron chi connectivity index (χ0n) is 7.98. The predicted octanol–water partition coefficient (Wildman–Crippen LogP) is -2.33. The van der Waals surface area contributed by atoms with Gasteiger partial charge in [-0.05, 0) is 24.4 Å². The summed E-state index contributed by atoms with van der Waals surface area (Å²) < 4.78 is 4.61. The maximum absolute atomic E-state index is 9.77. The number of nitrogens with two attached hydrogens (primary N) is 2. The molecular formula is C6H12N2O6SSi. The van der Waals surface area contributed by atoms with E-state index < -0.39 is 9.05 Å². The Labute approximate surface area is 97.2 Å². The molecule has 92 valence electrons. The molecule has 1 heterocycles. The van der Waals surface area contributed by atoms with E-state index in [1.165, 1.54) is 6.26 Å². The topological polar surface area (TPSA) is 163 Å². The Kier molecular flexibility index (Phi) is 9.58. The van der Waals surface area contributed by atoms with Crippen LogP contribution in [-0.4, -0.2) is 39.6 Å². The first-order valence-electron chi connectivity index (χ1n) is 3.60. The molecule has 0 aliphatic heterocycles. The monoisotopic (exact) mass is 268 g/mol. The molecule has 0 unspecified atom stereocenters. The van der Waals surface area contributed by atoms with Crippen LogP contribution in [0.1, 0.15) is 10.6 Å². The molecule has 0 atom stereocenters. The summed E-state index contributed by atoms with van der Waals surface area (Å²) in [5, 5.41) is 0.000000000000000222. The van der Waals surface area contributed by atoms with Gasteiger partial charge in [-0.2, -0.15) is 0 Å². The summed E-state index contributed by atoms with van der Waals surface area (Å²) in [5.74, 6) is 0.375. The standard InChI is InChI=1S/C5H4O2.CH4N2S.H4O4Si/c6-4-5-2-1-3-7-5;2-1(3)4;1-5(2,3)4/h1-4H;(H4,2,3,4);1-4H. The van der Waals surface area contributed by atoms with Crippen LogP contribution in [0.4, 0.5) is 0 Å². The van der Waals surface area contributed by atoms with Crippen molar-refractivity contribution in [3.63, 3.8) is 0 Å². The Bertz CT molecular complexity index is 288. The minimum atomic E-state index is -4.61. The number of carbonyl (C=O) groups is 1. The van der Waals surface area contributed by atoms with Crippen LogP contribution in [0.5, 0.6) is 0 Å². The van der Waals surface area contributed by atoms with Crippen LogP contribution in [0.25, 0.3) is 0 Å². The van der Waals surface area contributed by atoms with Crippen molar-refractivity contribution in [3.05, 3.63) is 24.2 Å². The SMILES string of the molecule is NC(N)=S.O=Cc1ccco1.O[Si](O)(O)O. The second kappa shape index (κ2) is 8.96. The van der Waals surface area contributed by atoms with Gasteiger partial charge in [0.15, 0.2) is 17.2 Å². The number of carbonyl (C=O) groups excluding carboxylic acids is 1. The molecule has 10 heteroatoms. The van der Waals surface area contributed by atoms with E-state index in [2.05, 4.69) is 28.1 Å². The van der Waals surface area contributed by atoms with E-state index in [1.807, 2.05) is 0 Å². The fourth-order valence-corrected chi connectivity index (χ4v) is 0.358. The van der Waals surface area contributed by atoms with Gasteiger partial charge in [0.05, 0.1) is 6.26 Å². The summed E-state index contributed by atoms with van der Waals surface area (Å²) in [5.41, 5.74) is 9.24. The van der Waals surface area contributed by atoms with E-state index in [9.17, 15) is 4.79 Å². The average Bonchev–Trinajstić information content (AvgIpc) is 2.50. The maximum Gasteiger partial charge on any atom is 0.668 e. The Balaban J connectivity index is 0. The number of hydrogen-bond donors (Lipinski definition) is 6. The number of aldehydes is 1. The van der Waals surface area contributed by atoms with E-state index >= 15 is 0 Å². The molecule has 0 aliphatic carbocycles. The lowest BCUT2D eigenvalue weighted by molar-refractivity contribution is 0.109. The maximum atomic E-state index is 9.77. The predicted molar refractivity (Wildman–Crippen MR) is 59.7 cm³/mol. The number of furan rings is 1. The molecule has 0 saturated carbocycles. The van der Waals surface area contributed by atoms with E-state index in [1.54, 1.807) is 12.1 Å². The summed E-state index contributed by atoms with van der Waals surface area (Å²) >= 11 is 4.09. The largest absolute Gasteiger partial charge is 0.668 e. The number of rotatable bonds is 1. The van der Waals surface area contributed by atoms with Crippen molar-refractivity contribution >= 4 is 32.7 Å².